The molecule has 0 aliphatic heterocycles. The number of carbonyl (C=O) groups excluding carboxylic acids is 1. The molecule has 2 aromatic carbocycles. The first-order valence-corrected chi connectivity index (χ1v) is 10.7. The summed E-state index contributed by atoms with van der Waals surface area (Å²) in [6, 6.07) is 13.6. The number of carboxylic acid groups (broad SMARTS) is 1. The van der Waals surface area contributed by atoms with Gasteiger partial charge >= 0.3 is 11.9 Å². The number of nitrogens with one attached hydrogen (secondary N) is 1. The summed E-state index contributed by atoms with van der Waals surface area (Å²) in [5, 5.41) is 9.23. The molecule has 0 amide bonds. The quantitative estimate of drug-likeness (QED) is 0.417. The van der Waals surface area contributed by atoms with Crippen molar-refractivity contribution in [1.82, 2.24) is 9.97 Å². The van der Waals surface area contributed by atoms with Gasteiger partial charge in [-0.1, -0.05) is 49.2 Å². The number of aromatic carboxylic acids is 1. The molecule has 0 fully saturated rings. The lowest BCUT2D eigenvalue weighted by molar-refractivity contribution is -0.141. The summed E-state index contributed by atoms with van der Waals surface area (Å²) in [6.07, 6.45) is 2.75. The third-order valence-corrected chi connectivity index (χ3v) is 5.33. The average molecular weight is 457 g/mol. The van der Waals surface area contributed by atoms with Crippen LogP contribution in [0.5, 0.6) is 5.75 Å². The topological polar surface area (TPSA) is 102 Å². The number of carboxylic acids is 1. The van der Waals surface area contributed by atoms with Crippen molar-refractivity contribution < 1.29 is 24.2 Å². The zero-order valence-electron chi connectivity index (χ0n) is 17.9. The number of aryl methyl sites for hydroxylation is 1. The number of methoxy groups -OCH3 is 1. The zero-order valence-corrected chi connectivity index (χ0v) is 18.7. The minimum atomic E-state index is -0.969. The van der Waals surface area contributed by atoms with Crippen LogP contribution in [0.4, 0.5) is 0 Å². The van der Waals surface area contributed by atoms with Gasteiger partial charge in [-0.3, -0.25) is 4.79 Å². The van der Waals surface area contributed by atoms with Crippen molar-refractivity contribution in [2.45, 2.75) is 38.7 Å². The van der Waals surface area contributed by atoms with Gasteiger partial charge in [-0.2, -0.15) is 0 Å². The van der Waals surface area contributed by atoms with E-state index in [0.29, 0.717) is 17.0 Å². The van der Waals surface area contributed by atoms with Gasteiger partial charge in [0, 0.05) is 6.42 Å². The molecule has 1 unspecified atom stereocenters. The molecule has 168 valence electrons. The maximum absolute atomic E-state index is 12.6. The summed E-state index contributed by atoms with van der Waals surface area (Å²) >= 11 is 6.34. The number of esters is 1. The summed E-state index contributed by atoms with van der Waals surface area (Å²) in [6.45, 7) is 2.38. The summed E-state index contributed by atoms with van der Waals surface area (Å²) in [4.78, 5) is 31.0. The fraction of sp³-hybridized carbons (Fsp3) is 0.292. The molecule has 3 aromatic rings. The highest BCUT2D eigenvalue weighted by molar-refractivity contribution is 6.30. The highest BCUT2D eigenvalue weighted by Gasteiger charge is 2.28. The van der Waals surface area contributed by atoms with Gasteiger partial charge in [0.1, 0.15) is 24.1 Å². The Morgan fingerprint density at radius 3 is 2.41 bits per heavy atom. The Hall–Kier alpha value is -3.32. The number of ether oxygens (including phenoxy) is 2. The van der Waals surface area contributed by atoms with E-state index < -0.39 is 17.9 Å². The molecule has 0 saturated carbocycles. The minimum absolute atomic E-state index is 0.224. The normalized spacial score (nSPS) is 11.7. The van der Waals surface area contributed by atoms with Crippen molar-refractivity contribution >= 4 is 23.5 Å². The first kappa shape index (κ1) is 23.3. The van der Waals surface area contributed by atoms with E-state index in [1.807, 2.05) is 0 Å². The molecule has 0 aliphatic rings. The minimum Gasteiger partial charge on any atom is -0.489 e. The number of nitrogens with zero attached hydrogens (tertiary/aromatic N) is 1. The van der Waals surface area contributed by atoms with Gasteiger partial charge < -0.3 is 19.6 Å². The lowest BCUT2D eigenvalue weighted by Gasteiger charge is -2.15. The second-order valence-corrected chi connectivity index (χ2v) is 7.67. The molecule has 3 rings (SSSR count). The van der Waals surface area contributed by atoms with Crippen LogP contribution in [0.1, 0.15) is 58.7 Å². The largest absolute Gasteiger partial charge is 0.489 e. The predicted octanol–water partition coefficient (Wildman–Crippen LogP) is 4.99. The van der Waals surface area contributed by atoms with E-state index in [-0.39, 0.29) is 17.3 Å². The molecule has 0 saturated heterocycles. The number of benzene rings is 2. The van der Waals surface area contributed by atoms with Crippen LogP contribution >= 0.6 is 11.6 Å². The molecule has 0 bridgehead atoms. The number of rotatable bonds is 10. The molecule has 0 radical (unpaired) electrons. The number of aromatic amines is 1. The standard InChI is InChI=1S/C24H25ClN2O5/c1-3-4-5-19-26-21(22(25)27-19)20(24(30)31-2)16-10-12-18(13-11-16)32-14-15-6-8-17(9-7-15)23(28)29/h6-13,20H,3-5,14H2,1-2H3,(H,26,27)(H,28,29). The number of aromatic nitrogens is 2. The Balaban J connectivity index is 1.74. The van der Waals surface area contributed by atoms with E-state index in [1.54, 1.807) is 36.4 Å². The third kappa shape index (κ3) is 5.68. The number of carbonyl (C=O) groups is 2. The van der Waals surface area contributed by atoms with Gasteiger partial charge in [0.15, 0.2) is 5.15 Å². The number of halogens is 1. The monoisotopic (exact) mass is 456 g/mol. The molecular formula is C24H25ClN2O5. The lowest BCUT2D eigenvalue weighted by Crippen LogP contribution is -2.16. The number of imidazole rings is 1. The second-order valence-electron chi connectivity index (χ2n) is 7.31. The van der Waals surface area contributed by atoms with Crippen molar-refractivity contribution in [2.24, 2.45) is 0 Å². The van der Waals surface area contributed by atoms with Crippen molar-refractivity contribution in [1.29, 1.82) is 0 Å². The molecule has 1 heterocycles. The Morgan fingerprint density at radius 1 is 1.12 bits per heavy atom. The molecule has 1 aromatic heterocycles. The van der Waals surface area contributed by atoms with Crippen LogP contribution in [0.15, 0.2) is 48.5 Å². The van der Waals surface area contributed by atoms with E-state index in [4.69, 9.17) is 26.2 Å². The van der Waals surface area contributed by atoms with Crippen LogP contribution in [-0.2, 0) is 22.6 Å². The number of H-pyrrole nitrogens is 1. The number of unbranched alkanes of at least 4 members (excludes halogenated alkanes) is 1. The van der Waals surface area contributed by atoms with E-state index in [2.05, 4.69) is 16.9 Å². The number of hydrogen-bond acceptors (Lipinski definition) is 5. The van der Waals surface area contributed by atoms with Gasteiger partial charge in [-0.05, 0) is 41.8 Å². The maximum atomic E-state index is 12.6. The molecule has 2 N–H and O–H groups in total. The van der Waals surface area contributed by atoms with Crippen LogP contribution in [0.2, 0.25) is 5.15 Å². The fourth-order valence-electron chi connectivity index (χ4n) is 3.27. The van der Waals surface area contributed by atoms with Gasteiger partial charge in [0.2, 0.25) is 0 Å². The Kier molecular flexibility index (Phi) is 7.89. The van der Waals surface area contributed by atoms with E-state index >= 15 is 0 Å². The van der Waals surface area contributed by atoms with E-state index in [0.717, 1.165) is 30.7 Å². The van der Waals surface area contributed by atoms with Crippen LogP contribution in [0, 0.1) is 0 Å². The van der Waals surface area contributed by atoms with Crippen molar-refractivity contribution in [3.05, 3.63) is 81.9 Å². The molecule has 7 nitrogen and oxygen atoms in total. The van der Waals surface area contributed by atoms with Crippen molar-refractivity contribution in [2.75, 3.05) is 7.11 Å². The summed E-state index contributed by atoms with van der Waals surface area (Å²) < 4.78 is 10.8. The molecule has 0 aliphatic carbocycles. The highest BCUT2D eigenvalue weighted by atomic mass is 35.5. The summed E-state index contributed by atoms with van der Waals surface area (Å²) in [5.41, 5.74) is 2.28. The Labute approximate surface area is 191 Å². The smallest absolute Gasteiger partial charge is 0.335 e. The van der Waals surface area contributed by atoms with Crippen LogP contribution in [0.25, 0.3) is 0 Å². The van der Waals surface area contributed by atoms with Gasteiger partial charge in [0.05, 0.1) is 18.4 Å². The summed E-state index contributed by atoms with van der Waals surface area (Å²) in [7, 11) is 1.34. The van der Waals surface area contributed by atoms with Gasteiger partial charge in [0.25, 0.3) is 0 Å². The molecule has 0 spiro atoms. The third-order valence-electron chi connectivity index (χ3n) is 5.05. The predicted molar refractivity (Wildman–Crippen MR) is 120 cm³/mol. The van der Waals surface area contributed by atoms with E-state index in [9.17, 15) is 9.59 Å². The highest BCUT2D eigenvalue weighted by Crippen LogP contribution is 2.31. The van der Waals surface area contributed by atoms with E-state index in [1.165, 1.54) is 19.2 Å². The fourth-order valence-corrected chi connectivity index (χ4v) is 3.53. The molecule has 8 heteroatoms. The second kappa shape index (κ2) is 10.8. The van der Waals surface area contributed by atoms with Crippen LogP contribution < -0.4 is 4.74 Å². The lowest BCUT2D eigenvalue weighted by atomic mass is 9.96. The number of hydrogen-bond donors (Lipinski definition) is 2. The Bertz CT molecular complexity index is 1060. The average Bonchev–Trinajstić information content (AvgIpc) is 3.17. The van der Waals surface area contributed by atoms with Gasteiger partial charge in [-0.15, -0.1) is 0 Å². The zero-order chi connectivity index (χ0) is 23.1. The first-order chi connectivity index (χ1) is 15.4. The maximum Gasteiger partial charge on any atom is 0.335 e. The molecule has 1 atom stereocenters. The van der Waals surface area contributed by atoms with Crippen molar-refractivity contribution in [3.63, 3.8) is 0 Å². The van der Waals surface area contributed by atoms with Crippen LogP contribution in [-0.4, -0.2) is 34.1 Å². The van der Waals surface area contributed by atoms with Gasteiger partial charge in [-0.25, -0.2) is 9.78 Å². The SMILES string of the molecule is CCCCc1nc(Cl)c(C(C(=O)OC)c2ccc(OCc3ccc(C(=O)O)cc3)cc2)[nH]1. The van der Waals surface area contributed by atoms with Crippen molar-refractivity contribution in [3.8, 4) is 5.75 Å². The Morgan fingerprint density at radius 2 is 1.81 bits per heavy atom. The van der Waals surface area contributed by atoms with Crippen LogP contribution in [0.3, 0.4) is 0 Å². The molecular weight excluding hydrogens is 432 g/mol. The first-order valence-electron chi connectivity index (χ1n) is 10.3. The summed E-state index contributed by atoms with van der Waals surface area (Å²) in [5.74, 6) is -0.783. The molecule has 32 heavy (non-hydrogen) atoms.